The van der Waals surface area contributed by atoms with Crippen LogP contribution in [0.15, 0.2) is 34.5 Å². The Hall–Kier alpha value is -1.76. The highest BCUT2D eigenvalue weighted by Crippen LogP contribution is 2.35. The molecule has 6 heteroatoms. The van der Waals surface area contributed by atoms with E-state index in [1.54, 1.807) is 23.5 Å². The van der Waals surface area contributed by atoms with E-state index in [0.717, 1.165) is 10.4 Å². The van der Waals surface area contributed by atoms with Crippen molar-refractivity contribution in [1.29, 1.82) is 0 Å². The first-order chi connectivity index (χ1) is 9.56. The van der Waals surface area contributed by atoms with Gasteiger partial charge in [0.05, 0.1) is 10.5 Å². The molecule has 1 atom stereocenters. The molecule has 0 saturated carbocycles. The molecule has 0 fully saturated rings. The molecule has 2 N–H and O–H groups in total. The number of carbonyl (C=O) groups excluding carboxylic acids is 1. The molecule has 0 saturated heterocycles. The van der Waals surface area contributed by atoms with E-state index in [1.807, 2.05) is 24.4 Å². The summed E-state index contributed by atoms with van der Waals surface area (Å²) >= 11 is -0.496. The molecule has 2 heterocycles. The normalized spacial score (nSPS) is 17.1. The van der Waals surface area contributed by atoms with Crippen molar-refractivity contribution in [3.63, 3.8) is 0 Å². The Labute approximate surface area is 122 Å². The predicted octanol–water partition coefficient (Wildman–Crippen LogP) is 3.13. The van der Waals surface area contributed by atoms with Gasteiger partial charge in [-0.15, -0.1) is 11.3 Å². The summed E-state index contributed by atoms with van der Waals surface area (Å²) in [5.41, 5.74) is 2.97. The summed E-state index contributed by atoms with van der Waals surface area (Å²) < 4.78 is 20.3. The van der Waals surface area contributed by atoms with E-state index in [1.165, 1.54) is 6.07 Å². The zero-order chi connectivity index (χ0) is 14.3. The lowest BCUT2D eigenvalue weighted by Gasteiger charge is -2.01. The van der Waals surface area contributed by atoms with Crippen molar-refractivity contribution in [2.75, 3.05) is 5.32 Å². The molecule has 2 aromatic rings. The van der Waals surface area contributed by atoms with Gasteiger partial charge in [-0.3, -0.25) is 4.79 Å². The Morgan fingerprint density at radius 2 is 2.15 bits per heavy atom. The average molecular weight is 305 g/mol. The number of hydrogen-bond donors (Lipinski definition) is 2. The molecular formula is C14H11NO3S2. The second-order valence-electron chi connectivity index (χ2n) is 4.44. The van der Waals surface area contributed by atoms with Gasteiger partial charge in [-0.05, 0) is 48.2 Å². The fraction of sp³-hybridized carbons (Fsp3) is 0.0714. The molecule has 0 aliphatic carbocycles. The van der Waals surface area contributed by atoms with E-state index >= 15 is 0 Å². The van der Waals surface area contributed by atoms with Crippen LogP contribution in [0.4, 0.5) is 5.69 Å². The Morgan fingerprint density at radius 1 is 1.35 bits per heavy atom. The molecule has 0 bridgehead atoms. The van der Waals surface area contributed by atoms with E-state index in [4.69, 9.17) is 4.55 Å². The lowest BCUT2D eigenvalue weighted by molar-refractivity contribution is -0.110. The smallest absolute Gasteiger partial charge is 0.256 e. The maximum absolute atomic E-state index is 12.0. The summed E-state index contributed by atoms with van der Waals surface area (Å²) in [5.74, 6) is -0.186. The number of rotatable bonds is 2. The standard InChI is InChI=1S/C14H11NO3S2/c1-8-4-5-19-13(8)7-11-10-6-9(20(17)18)2-3-12(10)15-14(11)16/h2-7H,1H3,(H,15,16)(H,17,18). The molecule has 1 amide bonds. The number of aryl methyl sites for hydroxylation is 1. The zero-order valence-electron chi connectivity index (χ0n) is 10.5. The monoisotopic (exact) mass is 305 g/mol. The quantitative estimate of drug-likeness (QED) is 0.661. The van der Waals surface area contributed by atoms with Crippen LogP contribution in [0.1, 0.15) is 16.0 Å². The number of nitrogens with one attached hydrogen (secondary N) is 1. The number of benzene rings is 1. The highest BCUT2D eigenvalue weighted by Gasteiger charge is 2.25. The summed E-state index contributed by atoms with van der Waals surface area (Å²) in [6, 6.07) is 6.76. The lowest BCUT2D eigenvalue weighted by Crippen LogP contribution is -2.03. The summed E-state index contributed by atoms with van der Waals surface area (Å²) in [6.07, 6.45) is 1.82. The lowest BCUT2D eigenvalue weighted by atomic mass is 10.1. The van der Waals surface area contributed by atoms with Crippen molar-refractivity contribution in [2.24, 2.45) is 0 Å². The number of anilines is 1. The Kier molecular flexibility index (Phi) is 3.29. The molecule has 20 heavy (non-hydrogen) atoms. The van der Waals surface area contributed by atoms with Gasteiger partial charge in [0.25, 0.3) is 5.91 Å². The number of amides is 1. The van der Waals surface area contributed by atoms with Crippen LogP contribution in [0.2, 0.25) is 0 Å². The number of thiophene rings is 1. The van der Waals surface area contributed by atoms with E-state index < -0.39 is 11.1 Å². The van der Waals surface area contributed by atoms with Crippen molar-refractivity contribution in [3.8, 4) is 0 Å². The van der Waals surface area contributed by atoms with E-state index in [0.29, 0.717) is 16.8 Å². The molecule has 0 spiro atoms. The predicted molar refractivity (Wildman–Crippen MR) is 81.0 cm³/mol. The van der Waals surface area contributed by atoms with Crippen molar-refractivity contribution in [1.82, 2.24) is 0 Å². The summed E-state index contributed by atoms with van der Waals surface area (Å²) in [5, 5.41) is 4.73. The van der Waals surface area contributed by atoms with Gasteiger partial charge in [0.1, 0.15) is 0 Å². The van der Waals surface area contributed by atoms with Gasteiger partial charge in [-0.1, -0.05) is 0 Å². The fourth-order valence-corrected chi connectivity index (χ4v) is 3.34. The molecule has 1 aromatic carbocycles. The van der Waals surface area contributed by atoms with E-state index in [-0.39, 0.29) is 10.8 Å². The highest BCUT2D eigenvalue weighted by atomic mass is 32.2. The van der Waals surface area contributed by atoms with E-state index in [9.17, 15) is 9.00 Å². The summed E-state index contributed by atoms with van der Waals surface area (Å²) in [4.78, 5) is 13.3. The van der Waals surface area contributed by atoms with Crippen LogP contribution in [0.25, 0.3) is 11.6 Å². The molecule has 1 unspecified atom stereocenters. The van der Waals surface area contributed by atoms with Gasteiger partial charge in [0, 0.05) is 16.1 Å². The summed E-state index contributed by atoms with van der Waals surface area (Å²) in [6.45, 7) is 1.98. The Bertz CT molecular complexity index is 762. The summed E-state index contributed by atoms with van der Waals surface area (Å²) in [7, 11) is 0. The molecule has 4 nitrogen and oxygen atoms in total. The highest BCUT2D eigenvalue weighted by molar-refractivity contribution is 7.79. The minimum absolute atomic E-state index is 0.186. The molecule has 1 aromatic heterocycles. The van der Waals surface area contributed by atoms with Crippen LogP contribution in [0, 0.1) is 6.92 Å². The van der Waals surface area contributed by atoms with Crippen molar-refractivity contribution < 1.29 is 13.6 Å². The number of fused-ring (bicyclic) bond motifs is 1. The first-order valence-electron chi connectivity index (χ1n) is 5.88. The first-order valence-corrected chi connectivity index (χ1v) is 7.87. The maximum atomic E-state index is 12.0. The molecule has 3 rings (SSSR count). The average Bonchev–Trinajstić information content (AvgIpc) is 2.94. The first kappa shape index (κ1) is 13.2. The van der Waals surface area contributed by atoms with Crippen LogP contribution in [-0.4, -0.2) is 14.7 Å². The third-order valence-electron chi connectivity index (χ3n) is 3.15. The topological polar surface area (TPSA) is 66.4 Å². The second-order valence-corrected chi connectivity index (χ2v) is 6.35. The van der Waals surface area contributed by atoms with Crippen molar-refractivity contribution in [2.45, 2.75) is 11.8 Å². The Morgan fingerprint density at radius 3 is 2.80 bits per heavy atom. The van der Waals surface area contributed by atoms with Gasteiger partial charge >= 0.3 is 0 Å². The van der Waals surface area contributed by atoms with E-state index in [2.05, 4.69) is 5.32 Å². The SMILES string of the molecule is Cc1ccsc1C=C1C(=O)Nc2ccc(S(=O)O)cc21. The molecule has 1 aliphatic heterocycles. The van der Waals surface area contributed by atoms with Crippen molar-refractivity contribution in [3.05, 3.63) is 45.6 Å². The molecular weight excluding hydrogens is 294 g/mol. The number of hydrogen-bond acceptors (Lipinski definition) is 3. The van der Waals surface area contributed by atoms with Gasteiger partial charge in [-0.2, -0.15) is 0 Å². The van der Waals surface area contributed by atoms with Gasteiger partial charge < -0.3 is 9.87 Å². The third-order valence-corrected chi connectivity index (χ3v) is 4.78. The molecule has 1 aliphatic rings. The zero-order valence-corrected chi connectivity index (χ0v) is 12.2. The largest absolute Gasteiger partial charge is 0.321 e. The van der Waals surface area contributed by atoms with Crippen LogP contribution in [-0.2, 0) is 15.9 Å². The minimum Gasteiger partial charge on any atom is -0.321 e. The van der Waals surface area contributed by atoms with Crippen LogP contribution in [0.5, 0.6) is 0 Å². The van der Waals surface area contributed by atoms with Crippen LogP contribution in [0.3, 0.4) is 0 Å². The third kappa shape index (κ3) is 2.22. The maximum Gasteiger partial charge on any atom is 0.256 e. The van der Waals surface area contributed by atoms with Crippen molar-refractivity contribution >= 4 is 45.7 Å². The molecule has 102 valence electrons. The fourth-order valence-electron chi connectivity index (χ4n) is 2.08. The van der Waals surface area contributed by atoms with Crippen LogP contribution >= 0.6 is 11.3 Å². The van der Waals surface area contributed by atoms with Gasteiger partial charge in [-0.25, -0.2) is 4.21 Å². The Balaban J connectivity index is 2.13. The number of carbonyl (C=O) groups is 1. The molecule has 0 radical (unpaired) electrons. The van der Waals surface area contributed by atoms with Crippen LogP contribution < -0.4 is 5.32 Å². The van der Waals surface area contributed by atoms with Gasteiger partial charge in [0.15, 0.2) is 11.1 Å². The second kappa shape index (κ2) is 4.97. The van der Waals surface area contributed by atoms with Gasteiger partial charge in [0.2, 0.25) is 0 Å². The minimum atomic E-state index is -2.05.